The molecular formula is C54H39N5. The Hall–Kier alpha value is -7.63. The molecule has 8 aromatic carbocycles. The van der Waals surface area contributed by atoms with Gasteiger partial charge in [0.15, 0.2) is 17.5 Å². The van der Waals surface area contributed by atoms with Crippen LogP contribution < -0.4 is 0 Å². The number of rotatable bonds is 9. The zero-order valence-corrected chi connectivity index (χ0v) is 32.4. The van der Waals surface area contributed by atoms with Gasteiger partial charge in [-0.05, 0) is 91.1 Å². The third-order valence-electron chi connectivity index (χ3n) is 11.5. The summed E-state index contributed by atoms with van der Waals surface area (Å²) in [4.78, 5) is 14.8. The Kier molecular flexibility index (Phi) is 8.63. The average molecular weight is 758 g/mol. The first-order valence-corrected chi connectivity index (χ1v) is 20.3. The number of aryl methyl sites for hydroxylation is 2. The summed E-state index contributed by atoms with van der Waals surface area (Å²) in [6, 6.07) is 71.1. The van der Waals surface area contributed by atoms with E-state index < -0.39 is 0 Å². The Balaban J connectivity index is 0.894. The molecule has 3 aromatic heterocycles. The number of aromatic nitrogens is 5. The molecule has 0 N–H and O–H groups in total. The molecule has 0 radical (unpaired) electrons. The number of para-hydroxylation sites is 3. The van der Waals surface area contributed by atoms with Crippen molar-refractivity contribution in [2.75, 3.05) is 0 Å². The molecule has 11 rings (SSSR count). The van der Waals surface area contributed by atoms with Gasteiger partial charge in [-0.15, -0.1) is 0 Å². The lowest BCUT2D eigenvalue weighted by Crippen LogP contribution is -2.00. The molecule has 0 fully saturated rings. The van der Waals surface area contributed by atoms with Crippen LogP contribution in [0.15, 0.2) is 200 Å². The number of hydrogen-bond donors (Lipinski definition) is 0. The molecule has 0 aliphatic rings. The summed E-state index contributed by atoms with van der Waals surface area (Å²) in [7, 11) is 0. The van der Waals surface area contributed by atoms with Gasteiger partial charge in [-0.2, -0.15) is 0 Å². The van der Waals surface area contributed by atoms with E-state index in [1.807, 2.05) is 60.7 Å². The van der Waals surface area contributed by atoms with Crippen LogP contribution in [0, 0.1) is 0 Å². The number of hydrogen-bond acceptors (Lipinski definition) is 3. The summed E-state index contributed by atoms with van der Waals surface area (Å²) < 4.78 is 4.81. The van der Waals surface area contributed by atoms with Crippen molar-refractivity contribution in [3.8, 4) is 45.5 Å². The van der Waals surface area contributed by atoms with E-state index >= 15 is 0 Å². The fraction of sp³-hybridized carbons (Fsp3) is 0.0556. The van der Waals surface area contributed by atoms with Gasteiger partial charge in [0, 0.05) is 49.6 Å². The summed E-state index contributed by atoms with van der Waals surface area (Å²) in [6.45, 7) is 0. The van der Waals surface area contributed by atoms with Crippen LogP contribution in [0.3, 0.4) is 0 Å². The minimum atomic E-state index is 0.674. The van der Waals surface area contributed by atoms with Crippen LogP contribution in [0.1, 0.15) is 17.5 Å². The van der Waals surface area contributed by atoms with Crippen LogP contribution in [-0.4, -0.2) is 24.1 Å². The lowest BCUT2D eigenvalue weighted by atomic mass is 10.0. The standard InChI is InChI=1S/C54H39N5/c1-4-19-39(20-5-1)52-55-53(40-21-6-2-7-22-40)57-54(56-52)41-23-15-18-37(34-41)16-14-17-38-30-32-50-46(35-38)44-26-10-13-29-49(44)59(50)43-31-33-51-47(36-43)45-27-11-12-28-48(45)58(51)42-24-8-3-9-25-42/h1-13,15,18-36H,14,16-17H2. The molecule has 3 heterocycles. The predicted molar refractivity (Wildman–Crippen MR) is 243 cm³/mol. The van der Waals surface area contributed by atoms with Gasteiger partial charge in [0.1, 0.15) is 0 Å². The van der Waals surface area contributed by atoms with Gasteiger partial charge in [0.25, 0.3) is 0 Å². The maximum Gasteiger partial charge on any atom is 0.164 e. The lowest BCUT2D eigenvalue weighted by molar-refractivity contribution is 0.821. The Morgan fingerprint density at radius 3 is 1.39 bits per heavy atom. The topological polar surface area (TPSA) is 48.5 Å². The Bertz CT molecular complexity index is 3230. The maximum atomic E-state index is 4.96. The van der Waals surface area contributed by atoms with Crippen molar-refractivity contribution in [1.29, 1.82) is 0 Å². The number of benzene rings is 8. The highest BCUT2D eigenvalue weighted by Gasteiger charge is 2.17. The Labute approximate surface area is 342 Å². The van der Waals surface area contributed by atoms with Gasteiger partial charge < -0.3 is 9.13 Å². The third-order valence-corrected chi connectivity index (χ3v) is 11.5. The van der Waals surface area contributed by atoms with Gasteiger partial charge in [0.2, 0.25) is 0 Å². The van der Waals surface area contributed by atoms with Gasteiger partial charge in [-0.1, -0.05) is 140 Å². The van der Waals surface area contributed by atoms with Crippen LogP contribution in [0.2, 0.25) is 0 Å². The van der Waals surface area contributed by atoms with Crippen LogP contribution in [0.25, 0.3) is 89.2 Å². The molecule has 11 aromatic rings. The summed E-state index contributed by atoms with van der Waals surface area (Å²) in [6.07, 6.45) is 2.95. The average Bonchev–Trinajstić information content (AvgIpc) is 3.82. The second kappa shape index (κ2) is 14.7. The third kappa shape index (κ3) is 6.34. The summed E-state index contributed by atoms with van der Waals surface area (Å²) >= 11 is 0. The maximum absolute atomic E-state index is 4.96. The number of fused-ring (bicyclic) bond motifs is 6. The van der Waals surface area contributed by atoms with Gasteiger partial charge >= 0.3 is 0 Å². The molecule has 5 nitrogen and oxygen atoms in total. The van der Waals surface area contributed by atoms with Gasteiger partial charge in [-0.3, -0.25) is 0 Å². The second-order valence-electron chi connectivity index (χ2n) is 15.2. The van der Waals surface area contributed by atoms with Crippen LogP contribution in [-0.2, 0) is 12.8 Å². The summed E-state index contributed by atoms with van der Waals surface area (Å²) in [5.41, 5.74) is 12.7. The summed E-state index contributed by atoms with van der Waals surface area (Å²) in [5, 5.41) is 5.05. The van der Waals surface area contributed by atoms with Crippen molar-refractivity contribution < 1.29 is 0 Å². The predicted octanol–water partition coefficient (Wildman–Crippen LogP) is 13.2. The van der Waals surface area contributed by atoms with Gasteiger partial charge in [0.05, 0.1) is 22.1 Å². The zero-order chi connectivity index (χ0) is 39.1. The summed E-state index contributed by atoms with van der Waals surface area (Å²) in [5.74, 6) is 2.03. The molecule has 0 aliphatic heterocycles. The van der Waals surface area contributed by atoms with Crippen molar-refractivity contribution in [2.24, 2.45) is 0 Å². The van der Waals surface area contributed by atoms with Crippen molar-refractivity contribution in [2.45, 2.75) is 19.3 Å². The van der Waals surface area contributed by atoms with E-state index in [0.717, 1.165) is 41.6 Å². The largest absolute Gasteiger partial charge is 0.309 e. The van der Waals surface area contributed by atoms with E-state index in [4.69, 9.17) is 15.0 Å². The highest BCUT2D eigenvalue weighted by atomic mass is 15.0. The van der Waals surface area contributed by atoms with E-state index in [0.29, 0.717) is 17.5 Å². The fourth-order valence-corrected chi connectivity index (χ4v) is 8.71. The van der Waals surface area contributed by atoms with Crippen LogP contribution >= 0.6 is 0 Å². The Morgan fingerprint density at radius 2 is 0.763 bits per heavy atom. The van der Waals surface area contributed by atoms with E-state index in [9.17, 15) is 0 Å². The van der Waals surface area contributed by atoms with Crippen LogP contribution in [0.5, 0.6) is 0 Å². The van der Waals surface area contributed by atoms with E-state index in [-0.39, 0.29) is 0 Å². The van der Waals surface area contributed by atoms with Crippen molar-refractivity contribution >= 4 is 43.6 Å². The van der Waals surface area contributed by atoms with E-state index in [1.165, 1.54) is 60.4 Å². The van der Waals surface area contributed by atoms with Crippen LogP contribution in [0.4, 0.5) is 0 Å². The lowest BCUT2D eigenvalue weighted by Gasteiger charge is -2.11. The molecular weight excluding hydrogens is 719 g/mol. The van der Waals surface area contributed by atoms with Gasteiger partial charge in [-0.25, -0.2) is 15.0 Å². The monoisotopic (exact) mass is 757 g/mol. The molecule has 0 bridgehead atoms. The molecule has 0 saturated heterocycles. The molecule has 280 valence electrons. The van der Waals surface area contributed by atoms with Crippen molar-refractivity contribution in [1.82, 2.24) is 24.1 Å². The highest BCUT2D eigenvalue weighted by molar-refractivity contribution is 6.12. The molecule has 0 aliphatic carbocycles. The molecule has 59 heavy (non-hydrogen) atoms. The van der Waals surface area contributed by atoms with Crippen molar-refractivity contribution in [3.05, 3.63) is 211 Å². The SMILES string of the molecule is c1ccc(-c2nc(-c3ccccc3)nc(-c3cccc(CCCc4ccc5c(c4)c4ccccc4n5-c4ccc5c(c4)c4ccccc4n5-c4ccccc4)c3)n2)cc1. The smallest absolute Gasteiger partial charge is 0.164 e. The molecule has 0 unspecified atom stereocenters. The van der Waals surface area contributed by atoms with E-state index in [1.54, 1.807) is 0 Å². The molecule has 0 amide bonds. The molecule has 5 heteroatoms. The first-order valence-electron chi connectivity index (χ1n) is 20.3. The normalized spacial score (nSPS) is 11.6. The Morgan fingerprint density at radius 1 is 0.305 bits per heavy atom. The fourth-order valence-electron chi connectivity index (χ4n) is 8.71. The number of nitrogens with zero attached hydrogens (tertiary/aromatic N) is 5. The zero-order valence-electron chi connectivity index (χ0n) is 32.4. The quantitative estimate of drug-likeness (QED) is 0.147. The minimum Gasteiger partial charge on any atom is -0.309 e. The highest BCUT2D eigenvalue weighted by Crippen LogP contribution is 2.37. The minimum absolute atomic E-state index is 0.674. The first-order chi connectivity index (χ1) is 29.2. The molecule has 0 spiro atoms. The molecule has 0 atom stereocenters. The first kappa shape index (κ1) is 34.6. The second-order valence-corrected chi connectivity index (χ2v) is 15.2. The van der Waals surface area contributed by atoms with E-state index in [2.05, 4.69) is 149 Å². The van der Waals surface area contributed by atoms with Crippen molar-refractivity contribution in [3.63, 3.8) is 0 Å². The molecule has 0 saturated carbocycles.